The predicted octanol–water partition coefficient (Wildman–Crippen LogP) is 3.39. The molecule has 0 saturated heterocycles. The van der Waals surface area contributed by atoms with Crippen LogP contribution in [-0.4, -0.2) is 31.7 Å². The lowest BCUT2D eigenvalue weighted by molar-refractivity contribution is -0.118. The van der Waals surface area contributed by atoms with Crippen molar-refractivity contribution in [3.8, 4) is 0 Å². The van der Waals surface area contributed by atoms with Gasteiger partial charge in [-0.15, -0.1) is 0 Å². The minimum Gasteiger partial charge on any atom is -0.325 e. The standard InChI is InChI=1S/C20H24N2O3S/c1-3-22(4-2)26(24,25)18-12-10-17(11-13-18)21-19(23)20(14-15-20)16-8-6-5-7-9-16/h5-13H,3-4,14-15H2,1-2H3,(H,21,23). The van der Waals surface area contributed by atoms with Crippen molar-refractivity contribution in [3.63, 3.8) is 0 Å². The van der Waals surface area contributed by atoms with Crippen LogP contribution in [0.2, 0.25) is 0 Å². The molecule has 0 spiro atoms. The summed E-state index contributed by atoms with van der Waals surface area (Å²) < 4.78 is 26.5. The van der Waals surface area contributed by atoms with Crippen molar-refractivity contribution in [1.82, 2.24) is 4.31 Å². The Morgan fingerprint density at radius 3 is 2.08 bits per heavy atom. The van der Waals surface area contributed by atoms with Gasteiger partial charge in [0.2, 0.25) is 15.9 Å². The van der Waals surface area contributed by atoms with Gasteiger partial charge in [-0.25, -0.2) is 8.42 Å². The van der Waals surface area contributed by atoms with E-state index in [1.54, 1.807) is 24.3 Å². The number of amides is 1. The Balaban J connectivity index is 1.75. The van der Waals surface area contributed by atoms with E-state index in [0.29, 0.717) is 18.8 Å². The highest BCUT2D eigenvalue weighted by molar-refractivity contribution is 7.89. The van der Waals surface area contributed by atoms with Gasteiger partial charge in [0, 0.05) is 18.8 Å². The van der Waals surface area contributed by atoms with Gasteiger partial charge in [-0.1, -0.05) is 44.2 Å². The van der Waals surface area contributed by atoms with Crippen molar-refractivity contribution in [2.75, 3.05) is 18.4 Å². The summed E-state index contributed by atoms with van der Waals surface area (Å²) in [6.07, 6.45) is 1.66. The summed E-state index contributed by atoms with van der Waals surface area (Å²) in [5, 5.41) is 2.93. The summed E-state index contributed by atoms with van der Waals surface area (Å²) in [6.45, 7) is 4.48. The molecule has 2 aromatic rings. The van der Waals surface area contributed by atoms with Crippen LogP contribution in [0.4, 0.5) is 5.69 Å². The summed E-state index contributed by atoms with van der Waals surface area (Å²) >= 11 is 0. The Morgan fingerprint density at radius 1 is 1.00 bits per heavy atom. The first kappa shape index (κ1) is 18.6. The van der Waals surface area contributed by atoms with Crippen molar-refractivity contribution in [2.24, 2.45) is 0 Å². The fraction of sp³-hybridized carbons (Fsp3) is 0.350. The van der Waals surface area contributed by atoms with Crippen LogP contribution in [0.25, 0.3) is 0 Å². The summed E-state index contributed by atoms with van der Waals surface area (Å²) in [5.41, 5.74) is 1.18. The summed E-state index contributed by atoms with van der Waals surface area (Å²) in [4.78, 5) is 13.0. The van der Waals surface area contributed by atoms with Crippen LogP contribution < -0.4 is 5.32 Å². The van der Waals surface area contributed by atoms with Crippen LogP contribution >= 0.6 is 0 Å². The molecule has 1 aliphatic carbocycles. The molecule has 1 N–H and O–H groups in total. The predicted molar refractivity (Wildman–Crippen MR) is 103 cm³/mol. The van der Waals surface area contributed by atoms with Gasteiger partial charge in [-0.2, -0.15) is 4.31 Å². The molecule has 1 aliphatic rings. The number of nitrogens with one attached hydrogen (secondary N) is 1. The van der Waals surface area contributed by atoms with E-state index in [-0.39, 0.29) is 10.8 Å². The zero-order chi connectivity index (χ0) is 18.8. The van der Waals surface area contributed by atoms with Gasteiger partial charge in [-0.3, -0.25) is 4.79 Å². The monoisotopic (exact) mass is 372 g/mol. The number of nitrogens with zero attached hydrogens (tertiary/aromatic N) is 1. The molecular weight excluding hydrogens is 348 g/mol. The smallest absolute Gasteiger partial charge is 0.243 e. The van der Waals surface area contributed by atoms with Crippen LogP contribution in [-0.2, 0) is 20.2 Å². The SMILES string of the molecule is CCN(CC)S(=O)(=O)c1ccc(NC(=O)C2(c3ccccc3)CC2)cc1. The molecule has 26 heavy (non-hydrogen) atoms. The Labute approximate surface area is 155 Å². The number of anilines is 1. The van der Waals surface area contributed by atoms with Crippen molar-refractivity contribution in [1.29, 1.82) is 0 Å². The summed E-state index contributed by atoms with van der Waals surface area (Å²) in [5.74, 6) is -0.0388. The Morgan fingerprint density at radius 2 is 1.58 bits per heavy atom. The topological polar surface area (TPSA) is 66.5 Å². The molecule has 1 amide bonds. The fourth-order valence-corrected chi connectivity index (χ4v) is 4.66. The Hall–Kier alpha value is -2.18. The van der Waals surface area contributed by atoms with Gasteiger partial charge in [0.15, 0.2) is 0 Å². The lowest BCUT2D eigenvalue weighted by Gasteiger charge is -2.19. The number of benzene rings is 2. The van der Waals surface area contributed by atoms with Crippen molar-refractivity contribution in [2.45, 2.75) is 37.0 Å². The van der Waals surface area contributed by atoms with Gasteiger partial charge < -0.3 is 5.32 Å². The van der Waals surface area contributed by atoms with Crippen LogP contribution in [0.15, 0.2) is 59.5 Å². The highest BCUT2D eigenvalue weighted by Crippen LogP contribution is 2.48. The first-order valence-electron chi connectivity index (χ1n) is 8.91. The highest BCUT2D eigenvalue weighted by atomic mass is 32.2. The van der Waals surface area contributed by atoms with Crippen LogP contribution in [0.1, 0.15) is 32.3 Å². The van der Waals surface area contributed by atoms with Crippen molar-refractivity contribution in [3.05, 3.63) is 60.2 Å². The summed E-state index contributed by atoms with van der Waals surface area (Å²) in [7, 11) is -3.48. The zero-order valence-corrected chi connectivity index (χ0v) is 15.9. The largest absolute Gasteiger partial charge is 0.325 e. The lowest BCUT2D eigenvalue weighted by Crippen LogP contribution is -2.30. The molecule has 2 aromatic carbocycles. The molecule has 0 atom stereocenters. The molecule has 0 heterocycles. The first-order valence-corrected chi connectivity index (χ1v) is 10.4. The quantitative estimate of drug-likeness (QED) is 0.810. The van der Waals surface area contributed by atoms with E-state index < -0.39 is 15.4 Å². The van der Waals surface area contributed by atoms with Gasteiger partial charge in [0.05, 0.1) is 10.3 Å². The molecule has 1 fully saturated rings. The maximum absolute atomic E-state index is 12.7. The third kappa shape index (κ3) is 3.39. The van der Waals surface area contributed by atoms with E-state index in [4.69, 9.17) is 0 Å². The lowest BCUT2D eigenvalue weighted by atomic mass is 9.95. The van der Waals surface area contributed by atoms with Crippen molar-refractivity contribution < 1.29 is 13.2 Å². The first-order chi connectivity index (χ1) is 12.4. The molecular formula is C20H24N2O3S. The minimum atomic E-state index is -3.48. The number of carbonyl (C=O) groups is 1. The van der Waals surface area contributed by atoms with Crippen LogP contribution in [0.5, 0.6) is 0 Å². The number of carbonyl (C=O) groups excluding carboxylic acids is 1. The van der Waals surface area contributed by atoms with E-state index in [9.17, 15) is 13.2 Å². The van der Waals surface area contributed by atoms with E-state index >= 15 is 0 Å². The van der Waals surface area contributed by atoms with Gasteiger partial charge in [-0.05, 0) is 42.7 Å². The molecule has 0 bridgehead atoms. The van der Waals surface area contributed by atoms with E-state index in [2.05, 4.69) is 5.32 Å². The molecule has 0 aliphatic heterocycles. The fourth-order valence-electron chi connectivity index (χ4n) is 3.20. The van der Waals surface area contributed by atoms with Crippen LogP contribution in [0.3, 0.4) is 0 Å². The second-order valence-electron chi connectivity index (χ2n) is 6.52. The normalized spacial score (nSPS) is 15.7. The average molecular weight is 372 g/mol. The van der Waals surface area contributed by atoms with E-state index in [0.717, 1.165) is 18.4 Å². The Kier molecular flexibility index (Phi) is 5.16. The number of hydrogen-bond acceptors (Lipinski definition) is 3. The molecule has 1 saturated carbocycles. The zero-order valence-electron chi connectivity index (χ0n) is 15.1. The molecule has 6 heteroatoms. The average Bonchev–Trinajstić information content (AvgIpc) is 3.46. The third-order valence-electron chi connectivity index (χ3n) is 4.97. The van der Waals surface area contributed by atoms with Gasteiger partial charge in [0.1, 0.15) is 0 Å². The molecule has 3 rings (SSSR count). The molecule has 138 valence electrons. The number of hydrogen-bond donors (Lipinski definition) is 1. The second kappa shape index (κ2) is 7.21. The molecule has 0 aromatic heterocycles. The highest BCUT2D eigenvalue weighted by Gasteiger charge is 2.51. The number of sulfonamides is 1. The maximum Gasteiger partial charge on any atom is 0.243 e. The second-order valence-corrected chi connectivity index (χ2v) is 8.45. The minimum absolute atomic E-state index is 0.0388. The van der Waals surface area contributed by atoms with Gasteiger partial charge >= 0.3 is 0 Å². The molecule has 0 radical (unpaired) electrons. The van der Waals surface area contributed by atoms with Crippen LogP contribution in [0, 0.1) is 0 Å². The van der Waals surface area contributed by atoms with E-state index in [1.165, 1.54) is 4.31 Å². The van der Waals surface area contributed by atoms with E-state index in [1.807, 2.05) is 44.2 Å². The van der Waals surface area contributed by atoms with Gasteiger partial charge in [0.25, 0.3) is 0 Å². The maximum atomic E-state index is 12.7. The van der Waals surface area contributed by atoms with Crippen molar-refractivity contribution >= 4 is 21.6 Å². The summed E-state index contributed by atoms with van der Waals surface area (Å²) in [6, 6.07) is 16.2. The Bertz CT molecular complexity index is 869. The molecule has 0 unspecified atom stereocenters. The molecule has 5 nitrogen and oxygen atoms in total. The third-order valence-corrected chi connectivity index (χ3v) is 7.03. The number of rotatable bonds is 7.